The molecule has 0 saturated heterocycles. The number of nitrogens with two attached hydrogens (primary N) is 1. The summed E-state index contributed by atoms with van der Waals surface area (Å²) in [4.78, 5) is 4.19. The first-order chi connectivity index (χ1) is 4.54. The number of aliphatic imine (C=N–C) groups is 1. The largest absolute Gasteiger partial charge is 0.463 e. The van der Waals surface area contributed by atoms with Crippen molar-refractivity contribution in [2.45, 2.75) is 26.3 Å². The zero-order chi connectivity index (χ0) is 7.78. The van der Waals surface area contributed by atoms with Gasteiger partial charge in [-0.3, -0.25) is 0 Å². The highest BCUT2D eigenvalue weighted by Crippen LogP contribution is 2.25. The van der Waals surface area contributed by atoms with Crippen molar-refractivity contribution in [3.63, 3.8) is 0 Å². The van der Waals surface area contributed by atoms with Gasteiger partial charge in [0.1, 0.15) is 6.61 Å². The minimum absolute atomic E-state index is 0.0932. The van der Waals surface area contributed by atoms with E-state index in [4.69, 9.17) is 10.5 Å². The lowest BCUT2D eigenvalue weighted by Crippen LogP contribution is -2.30. The first-order valence-electron chi connectivity index (χ1n) is 3.53. The Morgan fingerprint density at radius 2 is 2.30 bits per heavy atom. The van der Waals surface area contributed by atoms with Crippen LogP contribution in [0.5, 0.6) is 0 Å². The monoisotopic (exact) mass is 142 g/mol. The molecule has 1 heterocycles. The third-order valence-corrected chi connectivity index (χ3v) is 2.12. The molecule has 0 aromatic carbocycles. The van der Waals surface area contributed by atoms with Crippen LogP contribution in [0.2, 0.25) is 0 Å². The van der Waals surface area contributed by atoms with E-state index in [1.54, 1.807) is 0 Å². The SMILES string of the molecule is CC(C)C1(C)COC(N)=N1. The second-order valence-electron chi connectivity index (χ2n) is 3.25. The van der Waals surface area contributed by atoms with Crippen molar-refractivity contribution in [3.8, 4) is 0 Å². The summed E-state index contributed by atoms with van der Waals surface area (Å²) in [6.07, 6.45) is 0. The van der Waals surface area contributed by atoms with E-state index in [2.05, 4.69) is 25.8 Å². The second kappa shape index (κ2) is 2.15. The molecule has 0 aromatic rings. The molecule has 3 nitrogen and oxygen atoms in total. The normalized spacial score (nSPS) is 32.2. The molecule has 10 heavy (non-hydrogen) atoms. The zero-order valence-electron chi connectivity index (χ0n) is 6.72. The highest BCUT2D eigenvalue weighted by atomic mass is 16.5. The van der Waals surface area contributed by atoms with Crippen molar-refractivity contribution in [3.05, 3.63) is 0 Å². The smallest absolute Gasteiger partial charge is 0.282 e. The van der Waals surface area contributed by atoms with Gasteiger partial charge >= 0.3 is 0 Å². The van der Waals surface area contributed by atoms with E-state index in [-0.39, 0.29) is 5.54 Å². The van der Waals surface area contributed by atoms with Gasteiger partial charge in [-0.25, -0.2) is 4.99 Å². The highest BCUT2D eigenvalue weighted by molar-refractivity contribution is 5.73. The van der Waals surface area contributed by atoms with Crippen LogP contribution in [0.3, 0.4) is 0 Å². The molecule has 0 bridgehead atoms. The maximum Gasteiger partial charge on any atom is 0.282 e. The van der Waals surface area contributed by atoms with Gasteiger partial charge in [-0.2, -0.15) is 0 Å². The quantitative estimate of drug-likeness (QED) is 0.587. The second-order valence-corrected chi connectivity index (χ2v) is 3.25. The van der Waals surface area contributed by atoms with Crippen molar-refractivity contribution in [1.82, 2.24) is 0 Å². The molecule has 0 radical (unpaired) electrons. The Bertz CT molecular complexity index is 165. The van der Waals surface area contributed by atoms with Crippen LogP contribution in [0.4, 0.5) is 0 Å². The topological polar surface area (TPSA) is 47.6 Å². The predicted molar refractivity (Wildman–Crippen MR) is 40.8 cm³/mol. The first kappa shape index (κ1) is 7.38. The van der Waals surface area contributed by atoms with Crippen molar-refractivity contribution in [2.24, 2.45) is 16.6 Å². The van der Waals surface area contributed by atoms with Crippen molar-refractivity contribution < 1.29 is 4.74 Å². The van der Waals surface area contributed by atoms with Crippen LogP contribution in [-0.2, 0) is 4.74 Å². The third kappa shape index (κ3) is 1.08. The minimum Gasteiger partial charge on any atom is -0.463 e. The molecule has 1 rings (SSSR count). The number of hydrogen-bond acceptors (Lipinski definition) is 3. The first-order valence-corrected chi connectivity index (χ1v) is 3.53. The van der Waals surface area contributed by atoms with Crippen LogP contribution < -0.4 is 5.73 Å². The molecule has 1 atom stereocenters. The summed E-state index contributed by atoms with van der Waals surface area (Å²) in [5.74, 6) is 0.480. The number of hydrogen-bond donors (Lipinski definition) is 1. The lowest BCUT2D eigenvalue weighted by molar-refractivity contribution is 0.222. The molecule has 0 amide bonds. The Morgan fingerprint density at radius 3 is 2.50 bits per heavy atom. The van der Waals surface area contributed by atoms with Gasteiger partial charge in [0, 0.05) is 0 Å². The Morgan fingerprint density at radius 1 is 1.70 bits per heavy atom. The van der Waals surface area contributed by atoms with Gasteiger partial charge in [-0.1, -0.05) is 13.8 Å². The highest BCUT2D eigenvalue weighted by Gasteiger charge is 2.33. The summed E-state index contributed by atoms with van der Waals surface area (Å²) in [7, 11) is 0. The van der Waals surface area contributed by atoms with E-state index in [1.807, 2.05) is 0 Å². The summed E-state index contributed by atoms with van der Waals surface area (Å²) < 4.78 is 5.06. The van der Waals surface area contributed by atoms with Crippen LogP contribution in [0.1, 0.15) is 20.8 Å². The molecule has 1 unspecified atom stereocenters. The number of ether oxygens (including phenoxy) is 1. The average Bonchev–Trinajstić information content (AvgIpc) is 2.13. The van der Waals surface area contributed by atoms with Crippen molar-refractivity contribution in [2.75, 3.05) is 6.61 Å². The number of nitrogens with zero attached hydrogens (tertiary/aromatic N) is 1. The number of rotatable bonds is 1. The van der Waals surface area contributed by atoms with E-state index in [0.29, 0.717) is 18.5 Å². The number of amidine groups is 1. The molecule has 1 aliphatic rings. The van der Waals surface area contributed by atoms with Gasteiger partial charge in [0.2, 0.25) is 0 Å². The summed E-state index contributed by atoms with van der Waals surface area (Å²) in [5, 5.41) is 0. The van der Waals surface area contributed by atoms with Gasteiger partial charge in [0.25, 0.3) is 6.02 Å². The van der Waals surface area contributed by atoms with Gasteiger partial charge in [0.05, 0.1) is 5.54 Å². The van der Waals surface area contributed by atoms with E-state index in [1.165, 1.54) is 0 Å². The van der Waals surface area contributed by atoms with E-state index in [0.717, 1.165) is 0 Å². The Balaban J connectivity index is 2.72. The Labute approximate surface area is 61.3 Å². The molecule has 1 aliphatic heterocycles. The fourth-order valence-electron chi connectivity index (χ4n) is 0.832. The molecule has 0 aromatic heterocycles. The lowest BCUT2D eigenvalue weighted by atomic mass is 9.91. The third-order valence-electron chi connectivity index (χ3n) is 2.12. The zero-order valence-corrected chi connectivity index (χ0v) is 6.72. The molecular formula is C7H14N2O. The van der Waals surface area contributed by atoms with Crippen LogP contribution in [0.15, 0.2) is 4.99 Å². The molecule has 2 N–H and O–H groups in total. The molecular weight excluding hydrogens is 128 g/mol. The molecule has 0 spiro atoms. The Kier molecular flexibility index (Phi) is 1.58. The molecule has 0 aliphatic carbocycles. The van der Waals surface area contributed by atoms with E-state index >= 15 is 0 Å². The molecule has 3 heteroatoms. The van der Waals surface area contributed by atoms with Gasteiger partial charge in [-0.15, -0.1) is 0 Å². The maximum atomic E-state index is 5.38. The molecule has 0 saturated carbocycles. The van der Waals surface area contributed by atoms with E-state index < -0.39 is 0 Å². The summed E-state index contributed by atoms with van der Waals surface area (Å²) in [6, 6.07) is 0.330. The summed E-state index contributed by atoms with van der Waals surface area (Å²) in [5.41, 5.74) is 5.28. The molecule has 0 fully saturated rings. The van der Waals surface area contributed by atoms with Crippen LogP contribution in [-0.4, -0.2) is 18.2 Å². The van der Waals surface area contributed by atoms with Crippen LogP contribution in [0, 0.1) is 5.92 Å². The van der Waals surface area contributed by atoms with Gasteiger partial charge in [-0.05, 0) is 12.8 Å². The van der Waals surface area contributed by atoms with Gasteiger partial charge < -0.3 is 10.5 Å². The van der Waals surface area contributed by atoms with Crippen LogP contribution >= 0.6 is 0 Å². The van der Waals surface area contributed by atoms with Crippen LogP contribution in [0.25, 0.3) is 0 Å². The lowest BCUT2D eigenvalue weighted by Gasteiger charge is -2.22. The van der Waals surface area contributed by atoms with E-state index in [9.17, 15) is 0 Å². The van der Waals surface area contributed by atoms with Gasteiger partial charge in [0.15, 0.2) is 0 Å². The summed E-state index contributed by atoms with van der Waals surface area (Å²) >= 11 is 0. The Hall–Kier alpha value is -0.730. The average molecular weight is 142 g/mol. The fourth-order valence-corrected chi connectivity index (χ4v) is 0.832. The predicted octanol–water partition coefficient (Wildman–Crippen LogP) is 0.746. The maximum absolute atomic E-state index is 5.38. The van der Waals surface area contributed by atoms with Crippen molar-refractivity contribution >= 4 is 6.02 Å². The standard InChI is InChI=1S/C7H14N2O/c1-5(2)7(3)4-10-6(8)9-7/h5H,4H2,1-3H3,(H2,8,9). The van der Waals surface area contributed by atoms with Crippen molar-refractivity contribution in [1.29, 1.82) is 0 Å². The minimum atomic E-state index is -0.0932. The summed E-state index contributed by atoms with van der Waals surface area (Å²) in [6.45, 7) is 6.91. The molecule has 58 valence electrons. The fraction of sp³-hybridized carbons (Fsp3) is 0.857.